The molecule has 0 heterocycles. The van der Waals surface area contributed by atoms with Gasteiger partial charge in [0.15, 0.2) is 0 Å². The van der Waals surface area contributed by atoms with E-state index < -0.39 is 5.21 Å². The summed E-state index contributed by atoms with van der Waals surface area (Å²) in [6.45, 7) is 4.65. The monoisotopic (exact) mass is 136 g/mol. The molecule has 0 atom stereocenters. The van der Waals surface area contributed by atoms with E-state index >= 15 is 0 Å². The van der Waals surface area contributed by atoms with Crippen molar-refractivity contribution < 1.29 is 4.74 Å². The van der Waals surface area contributed by atoms with Crippen molar-refractivity contribution in [3.05, 3.63) is 0 Å². The van der Waals surface area contributed by atoms with Crippen LogP contribution in [0.25, 0.3) is 0 Å². The zero-order chi connectivity index (χ0) is 8.20. The largest absolute Gasteiger partial charge is 0.385 e. The molecule has 3 heteroatoms. The summed E-state index contributed by atoms with van der Waals surface area (Å²) in [5.41, 5.74) is 0. The van der Waals surface area contributed by atoms with Crippen molar-refractivity contribution in [3.63, 3.8) is 0 Å². The topological polar surface area (TPSA) is 9.23 Å². The van der Waals surface area contributed by atoms with Crippen LogP contribution in [-0.4, -0.2) is 29.4 Å². The lowest BCUT2D eigenvalue weighted by Gasteiger charge is -2.29. The molecule has 0 aromatic rings. The smallest absolute Gasteiger partial charge is 0.0625 e. The van der Waals surface area contributed by atoms with Gasteiger partial charge in [-0.25, -0.2) is 0 Å². The molecule has 0 fully saturated rings. The molecule has 0 spiro atoms. The van der Waals surface area contributed by atoms with E-state index in [9.17, 15) is 0 Å². The first kappa shape index (κ1) is 10.1. The summed E-state index contributed by atoms with van der Waals surface area (Å²) in [5.74, 6) is 0.294. The minimum Gasteiger partial charge on any atom is -0.385 e. The van der Waals surface area contributed by atoms with Crippen molar-refractivity contribution >= 4 is 15.7 Å². The van der Waals surface area contributed by atoms with Gasteiger partial charge < -0.3 is 4.74 Å². The van der Waals surface area contributed by atoms with Gasteiger partial charge in [0.2, 0.25) is 0 Å². The third-order valence-corrected chi connectivity index (χ3v) is 1.81. The first-order valence-corrected chi connectivity index (χ1v) is 3.57. The summed E-state index contributed by atoms with van der Waals surface area (Å²) in [6.07, 6.45) is 0.709. The maximum absolute atomic E-state index is 5.74. The second-order valence-electron chi connectivity index (χ2n) is 3.01. The Morgan fingerprint density at radius 3 is 2.20 bits per heavy atom. The molecule has 0 aromatic carbocycles. The van der Waals surface area contributed by atoms with Gasteiger partial charge in [-0.3, -0.25) is 0 Å². The minimum atomic E-state index is -0.573. The first-order chi connectivity index (χ1) is 4.50. The van der Waals surface area contributed by atoms with Crippen molar-refractivity contribution in [3.8, 4) is 0 Å². The fourth-order valence-corrected chi connectivity index (χ4v) is 0.568. The van der Waals surface area contributed by atoms with Crippen LogP contribution in [0.3, 0.4) is 0 Å². The number of hydrogen-bond acceptors (Lipinski definition) is 1. The summed E-state index contributed by atoms with van der Waals surface area (Å²) >= 11 is 0. The molecule has 0 aliphatic carbocycles. The zero-order valence-electron chi connectivity index (χ0n) is 7.05. The fourth-order valence-electron chi connectivity index (χ4n) is 0.568. The van der Waals surface area contributed by atoms with Gasteiger partial charge in [-0.05, 0) is 6.42 Å². The summed E-state index contributed by atoms with van der Waals surface area (Å²) in [7, 11) is 13.1. The Morgan fingerprint density at radius 1 is 1.40 bits per heavy atom. The number of ether oxygens (including phenoxy) is 1. The summed E-state index contributed by atoms with van der Waals surface area (Å²) in [6, 6.07) is 0. The zero-order valence-corrected chi connectivity index (χ0v) is 7.05. The van der Waals surface area contributed by atoms with E-state index in [1.807, 2.05) is 13.8 Å². The van der Waals surface area contributed by atoms with Crippen molar-refractivity contribution in [2.75, 3.05) is 13.7 Å². The Morgan fingerprint density at radius 2 is 1.90 bits per heavy atom. The van der Waals surface area contributed by atoms with Crippen molar-refractivity contribution in [1.82, 2.24) is 0 Å². The van der Waals surface area contributed by atoms with E-state index in [-0.39, 0.29) is 0 Å². The van der Waals surface area contributed by atoms with Crippen LogP contribution in [0.2, 0.25) is 5.21 Å². The number of hydrogen-bond donors (Lipinski definition) is 0. The van der Waals surface area contributed by atoms with Gasteiger partial charge in [0, 0.05) is 13.7 Å². The highest BCUT2D eigenvalue weighted by Crippen LogP contribution is 2.30. The second-order valence-corrected chi connectivity index (χ2v) is 3.01. The van der Waals surface area contributed by atoms with Crippen LogP contribution in [0.4, 0.5) is 0 Å². The minimum absolute atomic E-state index is 0.294. The van der Waals surface area contributed by atoms with Gasteiger partial charge in [0.05, 0.1) is 15.7 Å². The average Bonchev–Trinajstić information content (AvgIpc) is 1.84. The summed E-state index contributed by atoms with van der Waals surface area (Å²) in [5, 5.41) is -0.573. The highest BCUT2D eigenvalue weighted by Gasteiger charge is 2.20. The molecule has 0 bridgehead atoms. The van der Waals surface area contributed by atoms with E-state index in [1.165, 1.54) is 0 Å². The molecule has 0 unspecified atom stereocenters. The van der Waals surface area contributed by atoms with E-state index in [0.717, 1.165) is 0 Å². The van der Waals surface area contributed by atoms with Crippen molar-refractivity contribution in [2.45, 2.75) is 25.5 Å². The van der Waals surface area contributed by atoms with Crippen molar-refractivity contribution in [2.24, 2.45) is 5.92 Å². The molecule has 0 N–H and O–H groups in total. The standard InChI is InChI=1S/C7H14B2O/c1-6(2)7(8,9)4-5-10-3/h6H,4-5H2,1-3H3. The molecule has 0 aromatic heterocycles. The van der Waals surface area contributed by atoms with Crippen LogP contribution in [0, 0.1) is 5.92 Å². The fraction of sp³-hybridized carbons (Fsp3) is 1.00. The lowest BCUT2D eigenvalue weighted by atomic mass is 9.47. The van der Waals surface area contributed by atoms with Gasteiger partial charge in [0.25, 0.3) is 0 Å². The van der Waals surface area contributed by atoms with Gasteiger partial charge in [-0.1, -0.05) is 25.0 Å². The molecule has 0 rings (SSSR count). The molecule has 1 nitrogen and oxygen atoms in total. The van der Waals surface area contributed by atoms with Crippen molar-refractivity contribution in [1.29, 1.82) is 0 Å². The SMILES string of the molecule is [B]C([B])(CCOC)C(C)C. The van der Waals surface area contributed by atoms with Crippen LogP contribution in [0.15, 0.2) is 0 Å². The highest BCUT2D eigenvalue weighted by molar-refractivity contribution is 6.39. The maximum Gasteiger partial charge on any atom is 0.0625 e. The van der Waals surface area contributed by atoms with E-state index in [0.29, 0.717) is 18.9 Å². The molecule has 0 aliphatic rings. The van der Waals surface area contributed by atoms with Crippen LogP contribution in [-0.2, 0) is 4.74 Å². The third-order valence-electron chi connectivity index (χ3n) is 1.81. The van der Waals surface area contributed by atoms with Gasteiger partial charge >= 0.3 is 0 Å². The number of methoxy groups -OCH3 is 1. The molecule has 4 radical (unpaired) electrons. The molecule has 0 saturated carbocycles. The predicted octanol–water partition coefficient (Wildman–Crippen LogP) is 1.13. The Balaban J connectivity index is 3.63. The molecule has 0 aliphatic heterocycles. The third kappa shape index (κ3) is 3.31. The van der Waals surface area contributed by atoms with Crippen LogP contribution in [0.1, 0.15) is 20.3 Å². The Labute approximate surface area is 66.3 Å². The lowest BCUT2D eigenvalue weighted by molar-refractivity contribution is 0.184. The molecule has 10 heavy (non-hydrogen) atoms. The van der Waals surface area contributed by atoms with E-state index in [2.05, 4.69) is 0 Å². The Hall–Kier alpha value is 0.0899. The summed E-state index contributed by atoms with van der Waals surface area (Å²) < 4.78 is 4.87. The van der Waals surface area contributed by atoms with E-state index in [4.69, 9.17) is 20.4 Å². The molecular weight excluding hydrogens is 122 g/mol. The van der Waals surface area contributed by atoms with Gasteiger partial charge in [-0.2, -0.15) is 0 Å². The molecule has 0 saturated heterocycles. The van der Waals surface area contributed by atoms with Gasteiger partial charge in [-0.15, -0.1) is 0 Å². The number of rotatable bonds is 4. The predicted molar refractivity (Wildman–Crippen MR) is 45.5 cm³/mol. The first-order valence-electron chi connectivity index (χ1n) is 3.57. The summed E-state index contributed by atoms with van der Waals surface area (Å²) in [4.78, 5) is 0. The van der Waals surface area contributed by atoms with Gasteiger partial charge in [0.1, 0.15) is 0 Å². The van der Waals surface area contributed by atoms with Crippen LogP contribution >= 0.6 is 0 Å². The van der Waals surface area contributed by atoms with Crippen LogP contribution in [0.5, 0.6) is 0 Å². The van der Waals surface area contributed by atoms with Crippen LogP contribution < -0.4 is 0 Å². The average molecular weight is 136 g/mol. The normalized spacial score (nSPS) is 12.4. The molecule has 0 amide bonds. The maximum atomic E-state index is 5.74. The highest BCUT2D eigenvalue weighted by atomic mass is 16.5. The quantitative estimate of drug-likeness (QED) is 0.526. The molecule has 54 valence electrons. The Bertz CT molecular complexity index is 91.6. The Kier molecular flexibility index (Phi) is 4.11. The van der Waals surface area contributed by atoms with E-state index in [1.54, 1.807) is 7.11 Å². The second kappa shape index (κ2) is 4.07. The molecular formula is C7H14B2O. The lowest BCUT2D eigenvalue weighted by Crippen LogP contribution is -2.21.